The number of carbonyl (C=O) groups excluding carboxylic acids is 6. The van der Waals surface area contributed by atoms with Crippen LogP contribution >= 0.6 is 0 Å². The predicted molar refractivity (Wildman–Crippen MR) is 116 cm³/mol. The van der Waals surface area contributed by atoms with Crippen molar-refractivity contribution in [1.82, 2.24) is 5.06 Å². The van der Waals surface area contributed by atoms with Gasteiger partial charge < -0.3 is 33.6 Å². The molecule has 0 aromatic heterocycles. The SMILES string of the molecule is CO[C@H]1O[C@H](COC(=O)CCC(=O)ON2C(=O)c3ccccc3C2=O)[C@@H](O)[C@H](OC(C)=O)[C@H]1OC(C)=O. The number of aliphatic hydroxyl groups excluding tert-OH is 1. The van der Waals surface area contributed by atoms with Crippen LogP contribution in [0.5, 0.6) is 0 Å². The quantitative estimate of drug-likeness (QED) is 0.252. The molecule has 2 amide bonds. The second kappa shape index (κ2) is 11.9. The molecule has 2 aliphatic rings. The third-order valence-electron chi connectivity index (χ3n) is 5.35. The molecule has 0 radical (unpaired) electrons. The van der Waals surface area contributed by atoms with E-state index < -0.39 is 85.8 Å². The lowest BCUT2D eigenvalue weighted by molar-refractivity contribution is -0.300. The van der Waals surface area contributed by atoms with Gasteiger partial charge in [0.25, 0.3) is 11.8 Å². The molecule has 14 heteroatoms. The Morgan fingerprint density at radius 3 is 2.00 bits per heavy atom. The number of imide groups is 1. The summed E-state index contributed by atoms with van der Waals surface area (Å²) in [5, 5.41) is 10.9. The second-order valence-corrected chi connectivity index (χ2v) is 8.01. The number of methoxy groups -OCH3 is 1. The number of aliphatic hydroxyl groups is 1. The minimum Gasteiger partial charge on any atom is -0.463 e. The van der Waals surface area contributed by atoms with Crippen molar-refractivity contribution in [2.45, 2.75) is 57.4 Å². The molecule has 0 aliphatic carbocycles. The van der Waals surface area contributed by atoms with E-state index in [1.165, 1.54) is 19.2 Å². The average molecular weight is 523 g/mol. The topological polar surface area (TPSA) is 181 Å². The van der Waals surface area contributed by atoms with Crippen molar-refractivity contribution in [2.24, 2.45) is 0 Å². The van der Waals surface area contributed by atoms with Gasteiger partial charge in [0.2, 0.25) is 0 Å². The molecule has 14 nitrogen and oxygen atoms in total. The second-order valence-electron chi connectivity index (χ2n) is 8.01. The van der Waals surface area contributed by atoms with Crippen LogP contribution in [-0.4, -0.2) is 90.3 Å². The van der Waals surface area contributed by atoms with Crippen LogP contribution in [0, 0.1) is 0 Å². The standard InChI is InChI=1S/C23H25NO13/c1-11(25)34-19-18(29)15(36-23(32-3)20(19)35-12(2)26)10-33-16(27)8-9-17(28)37-24-21(30)13-6-4-5-7-14(13)22(24)31/h4-7,15,18-20,23,29H,8-10H2,1-3H3/t15-,18-,19+,20-,23+/m1/s1. The fraction of sp³-hybridized carbons (Fsp3) is 0.478. The van der Waals surface area contributed by atoms with Gasteiger partial charge in [-0.15, -0.1) is 0 Å². The molecule has 1 N–H and O–H groups in total. The fourth-order valence-corrected chi connectivity index (χ4v) is 3.71. The third-order valence-corrected chi connectivity index (χ3v) is 5.35. The number of fused-ring (bicyclic) bond motifs is 1. The van der Waals surface area contributed by atoms with Gasteiger partial charge in [0.1, 0.15) is 18.8 Å². The Hall–Kier alpha value is -3.88. The van der Waals surface area contributed by atoms with Crippen LogP contribution in [-0.2, 0) is 47.7 Å². The number of carbonyl (C=O) groups is 6. The monoisotopic (exact) mass is 523 g/mol. The molecule has 3 rings (SSSR count). The lowest BCUT2D eigenvalue weighted by Crippen LogP contribution is -2.61. The van der Waals surface area contributed by atoms with Gasteiger partial charge >= 0.3 is 23.9 Å². The highest BCUT2D eigenvalue weighted by Gasteiger charge is 2.50. The zero-order valence-electron chi connectivity index (χ0n) is 20.1. The first-order valence-corrected chi connectivity index (χ1v) is 11.1. The van der Waals surface area contributed by atoms with Crippen molar-refractivity contribution in [2.75, 3.05) is 13.7 Å². The Morgan fingerprint density at radius 2 is 1.46 bits per heavy atom. The molecule has 2 heterocycles. The van der Waals surface area contributed by atoms with Crippen LogP contribution < -0.4 is 0 Å². The van der Waals surface area contributed by atoms with E-state index in [1.807, 2.05) is 0 Å². The highest BCUT2D eigenvalue weighted by molar-refractivity contribution is 6.20. The molecular formula is C23H25NO13. The van der Waals surface area contributed by atoms with Gasteiger partial charge in [0, 0.05) is 21.0 Å². The number of hydroxylamine groups is 2. The summed E-state index contributed by atoms with van der Waals surface area (Å²) in [4.78, 5) is 76.5. The molecule has 1 aromatic rings. The first-order chi connectivity index (χ1) is 17.5. The summed E-state index contributed by atoms with van der Waals surface area (Å²) in [6.07, 6.45) is -7.73. The number of hydrogen-bond acceptors (Lipinski definition) is 13. The molecular weight excluding hydrogens is 498 g/mol. The molecule has 200 valence electrons. The number of amides is 2. The van der Waals surface area contributed by atoms with E-state index in [1.54, 1.807) is 12.1 Å². The van der Waals surface area contributed by atoms with E-state index in [9.17, 15) is 33.9 Å². The van der Waals surface area contributed by atoms with Gasteiger partial charge in [-0.3, -0.25) is 24.0 Å². The number of esters is 3. The van der Waals surface area contributed by atoms with Crippen molar-refractivity contribution >= 4 is 35.7 Å². The first-order valence-electron chi connectivity index (χ1n) is 11.1. The summed E-state index contributed by atoms with van der Waals surface area (Å²) in [6, 6.07) is 5.93. The fourth-order valence-electron chi connectivity index (χ4n) is 3.71. The summed E-state index contributed by atoms with van der Waals surface area (Å²) >= 11 is 0. The van der Waals surface area contributed by atoms with E-state index >= 15 is 0 Å². The largest absolute Gasteiger partial charge is 0.463 e. The van der Waals surface area contributed by atoms with Crippen molar-refractivity contribution in [3.63, 3.8) is 0 Å². The molecule has 5 atom stereocenters. The van der Waals surface area contributed by atoms with Crippen LogP contribution in [0.1, 0.15) is 47.4 Å². The molecule has 1 fully saturated rings. The summed E-state index contributed by atoms with van der Waals surface area (Å²) in [5.74, 6) is -5.04. The number of hydrogen-bond donors (Lipinski definition) is 1. The maximum Gasteiger partial charge on any atom is 0.333 e. The average Bonchev–Trinajstić information content (AvgIpc) is 3.09. The summed E-state index contributed by atoms with van der Waals surface area (Å²) in [6.45, 7) is 1.67. The maximum absolute atomic E-state index is 12.2. The normalized spacial score (nSPS) is 24.8. The smallest absolute Gasteiger partial charge is 0.333 e. The van der Waals surface area contributed by atoms with Gasteiger partial charge in [-0.05, 0) is 12.1 Å². The molecule has 1 saturated heterocycles. The lowest BCUT2D eigenvalue weighted by atomic mass is 9.98. The van der Waals surface area contributed by atoms with Gasteiger partial charge in [0.05, 0.1) is 24.0 Å². The summed E-state index contributed by atoms with van der Waals surface area (Å²) < 4.78 is 25.8. The van der Waals surface area contributed by atoms with Crippen LogP contribution in [0.2, 0.25) is 0 Å². The highest BCUT2D eigenvalue weighted by Crippen LogP contribution is 2.27. The molecule has 1 aromatic carbocycles. The molecule has 37 heavy (non-hydrogen) atoms. The Morgan fingerprint density at radius 1 is 0.919 bits per heavy atom. The number of rotatable bonds is 9. The Balaban J connectivity index is 1.51. The van der Waals surface area contributed by atoms with Gasteiger partial charge in [-0.1, -0.05) is 17.2 Å². The van der Waals surface area contributed by atoms with Crippen LogP contribution in [0.25, 0.3) is 0 Å². The van der Waals surface area contributed by atoms with Crippen molar-refractivity contribution < 1.29 is 62.4 Å². The molecule has 0 spiro atoms. The first kappa shape index (κ1) is 27.7. The van der Waals surface area contributed by atoms with Crippen molar-refractivity contribution in [1.29, 1.82) is 0 Å². The Kier molecular flexibility index (Phi) is 8.91. The number of nitrogens with zero attached hydrogens (tertiary/aromatic N) is 1. The Labute approximate surface area is 210 Å². The van der Waals surface area contributed by atoms with Crippen LogP contribution in [0.3, 0.4) is 0 Å². The lowest BCUT2D eigenvalue weighted by Gasteiger charge is -2.42. The van der Waals surface area contributed by atoms with Gasteiger partial charge in [-0.25, -0.2) is 4.79 Å². The minimum absolute atomic E-state index is 0.0862. The van der Waals surface area contributed by atoms with E-state index in [2.05, 4.69) is 0 Å². The zero-order valence-corrected chi connectivity index (χ0v) is 20.1. The van der Waals surface area contributed by atoms with Crippen molar-refractivity contribution in [3.05, 3.63) is 35.4 Å². The van der Waals surface area contributed by atoms with E-state index in [0.717, 1.165) is 13.8 Å². The van der Waals surface area contributed by atoms with E-state index in [0.29, 0.717) is 5.06 Å². The molecule has 0 unspecified atom stereocenters. The van der Waals surface area contributed by atoms with Crippen LogP contribution in [0.15, 0.2) is 24.3 Å². The number of benzene rings is 1. The predicted octanol–water partition coefficient (Wildman–Crippen LogP) is -0.340. The van der Waals surface area contributed by atoms with E-state index in [-0.39, 0.29) is 11.1 Å². The Bertz CT molecular complexity index is 1050. The molecule has 2 aliphatic heterocycles. The van der Waals surface area contributed by atoms with Crippen LogP contribution in [0.4, 0.5) is 0 Å². The highest BCUT2D eigenvalue weighted by atomic mass is 16.7. The maximum atomic E-state index is 12.2. The third kappa shape index (κ3) is 6.47. The van der Waals surface area contributed by atoms with Gasteiger partial charge in [0.15, 0.2) is 18.5 Å². The number of ether oxygens (including phenoxy) is 5. The molecule has 0 bridgehead atoms. The van der Waals surface area contributed by atoms with Crippen molar-refractivity contribution in [3.8, 4) is 0 Å². The zero-order chi connectivity index (χ0) is 27.3. The molecule has 0 saturated carbocycles. The summed E-state index contributed by atoms with van der Waals surface area (Å²) in [7, 11) is 1.23. The van der Waals surface area contributed by atoms with Gasteiger partial charge in [-0.2, -0.15) is 0 Å². The van der Waals surface area contributed by atoms with E-state index in [4.69, 9.17) is 28.5 Å². The summed E-state index contributed by atoms with van der Waals surface area (Å²) in [5.41, 5.74) is 0.172. The minimum atomic E-state index is -1.56.